The molecule has 0 atom stereocenters. The highest BCUT2D eigenvalue weighted by Gasteiger charge is 2.32. The largest absolute Gasteiger partial charge is 0.207 e. The highest BCUT2D eigenvalue weighted by molar-refractivity contribution is 9.09. The van der Waals surface area contributed by atoms with Crippen molar-refractivity contribution in [2.75, 3.05) is 10.7 Å². The normalized spacial score (nSPS) is 11.7. The maximum atomic E-state index is 14.2. The van der Waals surface area contributed by atoms with Gasteiger partial charge < -0.3 is 0 Å². The van der Waals surface area contributed by atoms with Crippen LogP contribution in [0, 0.1) is 11.6 Å². The van der Waals surface area contributed by atoms with Gasteiger partial charge in [0.2, 0.25) is 0 Å². The third-order valence-electron chi connectivity index (χ3n) is 3.51. The first-order valence-corrected chi connectivity index (χ1v) is 8.95. The van der Waals surface area contributed by atoms with Crippen molar-refractivity contribution in [2.45, 2.75) is 11.8 Å². The zero-order chi connectivity index (χ0) is 15.5. The Labute approximate surface area is 144 Å². The SMILES string of the molecule is Fc1cccc(C(CBr)(CBr)Cc2cccc(Cl)c2F)c1. The second-order valence-electron chi connectivity index (χ2n) is 4.95. The zero-order valence-corrected chi connectivity index (χ0v) is 15.0. The smallest absolute Gasteiger partial charge is 0.145 e. The minimum Gasteiger partial charge on any atom is -0.207 e. The molecule has 0 nitrogen and oxygen atoms in total. The Morgan fingerprint density at radius 1 is 1.00 bits per heavy atom. The molecule has 2 aromatic carbocycles. The molecular weight excluding hydrogens is 425 g/mol. The molecule has 0 spiro atoms. The number of halogens is 5. The van der Waals surface area contributed by atoms with Gasteiger partial charge >= 0.3 is 0 Å². The average Bonchev–Trinajstić information content (AvgIpc) is 2.49. The quantitative estimate of drug-likeness (QED) is 0.511. The number of rotatable bonds is 5. The van der Waals surface area contributed by atoms with Crippen LogP contribution in [0.3, 0.4) is 0 Å². The zero-order valence-electron chi connectivity index (χ0n) is 11.1. The minimum atomic E-state index is -0.451. The molecule has 21 heavy (non-hydrogen) atoms. The fourth-order valence-corrected chi connectivity index (χ4v) is 4.42. The summed E-state index contributed by atoms with van der Waals surface area (Å²) in [7, 11) is 0. The molecule has 0 heterocycles. The first-order chi connectivity index (χ1) is 10.0. The number of hydrogen-bond donors (Lipinski definition) is 0. The molecule has 2 rings (SSSR count). The van der Waals surface area contributed by atoms with Gasteiger partial charge in [0.05, 0.1) is 5.02 Å². The van der Waals surface area contributed by atoms with Crippen molar-refractivity contribution in [1.29, 1.82) is 0 Å². The van der Waals surface area contributed by atoms with Gasteiger partial charge in [0, 0.05) is 16.1 Å². The van der Waals surface area contributed by atoms with E-state index in [9.17, 15) is 8.78 Å². The van der Waals surface area contributed by atoms with E-state index in [1.54, 1.807) is 18.2 Å². The summed E-state index contributed by atoms with van der Waals surface area (Å²) >= 11 is 12.8. The standard InChI is InChI=1S/C16H13Br2ClF2/c17-9-16(10-18,12-4-2-5-13(20)7-12)8-11-3-1-6-14(19)15(11)21/h1-7H,8-10H2. The number of hydrogen-bond acceptors (Lipinski definition) is 0. The third kappa shape index (κ3) is 3.66. The molecule has 0 radical (unpaired) electrons. The first-order valence-electron chi connectivity index (χ1n) is 6.33. The Morgan fingerprint density at radius 2 is 1.67 bits per heavy atom. The number of alkyl halides is 2. The van der Waals surface area contributed by atoms with E-state index in [4.69, 9.17) is 11.6 Å². The molecule has 112 valence electrons. The lowest BCUT2D eigenvalue weighted by atomic mass is 9.79. The maximum Gasteiger partial charge on any atom is 0.145 e. The van der Waals surface area contributed by atoms with Crippen molar-refractivity contribution in [1.82, 2.24) is 0 Å². The highest BCUT2D eigenvalue weighted by Crippen LogP contribution is 2.34. The molecule has 0 N–H and O–H groups in total. The molecule has 0 aliphatic carbocycles. The lowest BCUT2D eigenvalue weighted by molar-refractivity contribution is 0.517. The predicted molar refractivity (Wildman–Crippen MR) is 90.8 cm³/mol. The summed E-state index contributed by atoms with van der Waals surface area (Å²) in [6.07, 6.45) is 0.416. The van der Waals surface area contributed by atoms with E-state index in [1.165, 1.54) is 18.2 Å². The molecule has 0 aliphatic rings. The second kappa shape index (κ2) is 7.21. The van der Waals surface area contributed by atoms with Gasteiger partial charge in [-0.3, -0.25) is 0 Å². The van der Waals surface area contributed by atoms with Gasteiger partial charge in [-0.1, -0.05) is 67.7 Å². The van der Waals surface area contributed by atoms with E-state index in [-0.39, 0.29) is 10.8 Å². The van der Waals surface area contributed by atoms with Crippen LogP contribution in [0.1, 0.15) is 11.1 Å². The summed E-state index contributed by atoms with van der Waals surface area (Å²) < 4.78 is 27.7. The van der Waals surface area contributed by atoms with Gasteiger partial charge in [-0.05, 0) is 35.7 Å². The summed E-state index contributed by atoms with van der Waals surface area (Å²) in [6, 6.07) is 11.4. The van der Waals surface area contributed by atoms with Crippen LogP contribution >= 0.6 is 43.5 Å². The van der Waals surface area contributed by atoms with E-state index in [0.29, 0.717) is 22.6 Å². The molecule has 0 aromatic heterocycles. The maximum absolute atomic E-state index is 14.2. The Hall–Kier alpha value is -0.450. The molecular formula is C16H13Br2ClF2. The summed E-state index contributed by atoms with van der Waals surface area (Å²) in [5, 5.41) is 1.24. The first kappa shape index (κ1) is 16.9. The van der Waals surface area contributed by atoms with Crippen LogP contribution in [0.25, 0.3) is 0 Å². The Balaban J connectivity index is 2.45. The minimum absolute atomic E-state index is 0.102. The van der Waals surface area contributed by atoms with Crippen LogP contribution in [0.15, 0.2) is 42.5 Å². The van der Waals surface area contributed by atoms with E-state index in [1.807, 2.05) is 6.07 Å². The average molecular weight is 439 g/mol. The van der Waals surface area contributed by atoms with Crippen LogP contribution in [-0.4, -0.2) is 10.7 Å². The van der Waals surface area contributed by atoms with Crippen molar-refractivity contribution < 1.29 is 8.78 Å². The Kier molecular flexibility index (Phi) is 5.81. The van der Waals surface area contributed by atoms with Gasteiger partial charge in [0.25, 0.3) is 0 Å². The van der Waals surface area contributed by atoms with E-state index in [0.717, 1.165) is 5.56 Å². The number of benzene rings is 2. The van der Waals surface area contributed by atoms with Crippen LogP contribution in [0.5, 0.6) is 0 Å². The fraction of sp³-hybridized carbons (Fsp3) is 0.250. The molecule has 0 saturated carbocycles. The van der Waals surface area contributed by atoms with Gasteiger partial charge in [0.15, 0.2) is 0 Å². The summed E-state index contributed by atoms with van der Waals surface area (Å²) in [4.78, 5) is 0. The summed E-state index contributed by atoms with van der Waals surface area (Å²) in [6.45, 7) is 0. The Morgan fingerprint density at radius 3 is 2.29 bits per heavy atom. The fourth-order valence-electron chi connectivity index (χ4n) is 2.25. The lowest BCUT2D eigenvalue weighted by Crippen LogP contribution is -2.33. The molecule has 0 bridgehead atoms. The van der Waals surface area contributed by atoms with Crippen LogP contribution in [0.2, 0.25) is 5.02 Å². The molecule has 0 aliphatic heterocycles. The van der Waals surface area contributed by atoms with Crippen molar-refractivity contribution in [2.24, 2.45) is 0 Å². The van der Waals surface area contributed by atoms with E-state index < -0.39 is 11.2 Å². The monoisotopic (exact) mass is 436 g/mol. The predicted octanol–water partition coefficient (Wildman–Crippen LogP) is 5.89. The van der Waals surface area contributed by atoms with Crippen molar-refractivity contribution in [3.8, 4) is 0 Å². The summed E-state index contributed by atoms with van der Waals surface area (Å²) in [5.74, 6) is -0.716. The van der Waals surface area contributed by atoms with Crippen molar-refractivity contribution >= 4 is 43.5 Å². The van der Waals surface area contributed by atoms with Crippen LogP contribution in [0.4, 0.5) is 8.78 Å². The molecule has 2 aromatic rings. The van der Waals surface area contributed by atoms with E-state index in [2.05, 4.69) is 31.9 Å². The molecule has 5 heteroatoms. The van der Waals surface area contributed by atoms with Gasteiger partial charge in [-0.15, -0.1) is 0 Å². The highest BCUT2D eigenvalue weighted by atomic mass is 79.9. The Bertz CT molecular complexity index is 627. The van der Waals surface area contributed by atoms with E-state index >= 15 is 0 Å². The van der Waals surface area contributed by atoms with Gasteiger partial charge in [-0.2, -0.15) is 0 Å². The van der Waals surface area contributed by atoms with Crippen LogP contribution < -0.4 is 0 Å². The molecule has 0 amide bonds. The molecule has 0 saturated heterocycles. The van der Waals surface area contributed by atoms with Gasteiger partial charge in [-0.25, -0.2) is 8.78 Å². The lowest BCUT2D eigenvalue weighted by Gasteiger charge is -2.31. The topological polar surface area (TPSA) is 0 Å². The summed E-state index contributed by atoms with van der Waals surface area (Å²) in [5.41, 5.74) is 0.884. The van der Waals surface area contributed by atoms with Crippen molar-refractivity contribution in [3.05, 3.63) is 70.2 Å². The molecule has 0 unspecified atom stereocenters. The van der Waals surface area contributed by atoms with Crippen LogP contribution in [-0.2, 0) is 11.8 Å². The molecule has 0 fully saturated rings. The second-order valence-corrected chi connectivity index (χ2v) is 6.48. The van der Waals surface area contributed by atoms with Gasteiger partial charge in [0.1, 0.15) is 11.6 Å². The van der Waals surface area contributed by atoms with Crippen molar-refractivity contribution in [3.63, 3.8) is 0 Å². The third-order valence-corrected chi connectivity index (χ3v) is 5.95.